The summed E-state index contributed by atoms with van der Waals surface area (Å²) in [7, 11) is 0. The van der Waals surface area contributed by atoms with Crippen LogP contribution < -0.4 is 5.32 Å². The van der Waals surface area contributed by atoms with Crippen molar-refractivity contribution in [3.8, 4) is 0 Å². The molecule has 3 heteroatoms. The molecule has 0 spiro atoms. The van der Waals surface area contributed by atoms with Crippen LogP contribution in [0.2, 0.25) is 0 Å². The van der Waals surface area contributed by atoms with E-state index in [1.807, 2.05) is 0 Å². The highest BCUT2D eigenvalue weighted by Gasteiger charge is 2.18. The third-order valence-corrected chi connectivity index (χ3v) is 2.30. The first-order valence-electron chi connectivity index (χ1n) is 3.81. The van der Waals surface area contributed by atoms with Crippen LogP contribution in [0.3, 0.4) is 0 Å². The summed E-state index contributed by atoms with van der Waals surface area (Å²) < 4.78 is 0. The molecule has 2 nitrogen and oxygen atoms in total. The van der Waals surface area contributed by atoms with E-state index in [1.165, 1.54) is 0 Å². The van der Waals surface area contributed by atoms with Crippen LogP contribution in [-0.4, -0.2) is 29.7 Å². The van der Waals surface area contributed by atoms with Crippen molar-refractivity contribution < 1.29 is 5.11 Å². The standard InChI is InChI=1S/C7H14ClNO/c8-6-1-3-9-7(5-6)2-4-10/h6-7,9-10H,1-5H2. The Morgan fingerprint density at radius 2 is 2.40 bits per heavy atom. The second-order valence-corrected chi connectivity index (χ2v) is 3.40. The smallest absolute Gasteiger partial charge is 0.0445 e. The average molecular weight is 164 g/mol. The zero-order valence-electron chi connectivity index (χ0n) is 6.02. The number of hydrogen-bond donors (Lipinski definition) is 2. The summed E-state index contributed by atoms with van der Waals surface area (Å²) in [4.78, 5) is 0. The lowest BCUT2D eigenvalue weighted by atomic mass is 10.0. The minimum absolute atomic E-state index is 0.265. The van der Waals surface area contributed by atoms with Crippen molar-refractivity contribution in [1.29, 1.82) is 0 Å². The maximum atomic E-state index is 8.62. The van der Waals surface area contributed by atoms with Gasteiger partial charge in [0.25, 0.3) is 0 Å². The number of nitrogens with one attached hydrogen (secondary N) is 1. The summed E-state index contributed by atoms with van der Waals surface area (Å²) in [5, 5.41) is 12.2. The number of piperidine rings is 1. The molecule has 1 fully saturated rings. The van der Waals surface area contributed by atoms with Gasteiger partial charge in [0.1, 0.15) is 0 Å². The highest BCUT2D eigenvalue weighted by molar-refractivity contribution is 6.20. The van der Waals surface area contributed by atoms with Crippen LogP contribution in [0.4, 0.5) is 0 Å². The molecular weight excluding hydrogens is 150 g/mol. The van der Waals surface area contributed by atoms with Gasteiger partial charge in [0, 0.05) is 18.0 Å². The van der Waals surface area contributed by atoms with Crippen LogP contribution >= 0.6 is 11.6 Å². The zero-order chi connectivity index (χ0) is 7.40. The predicted molar refractivity (Wildman–Crippen MR) is 42.4 cm³/mol. The molecule has 1 saturated heterocycles. The predicted octanol–water partition coefficient (Wildman–Crippen LogP) is 0.728. The Morgan fingerprint density at radius 1 is 1.60 bits per heavy atom. The van der Waals surface area contributed by atoms with Gasteiger partial charge in [-0.05, 0) is 25.8 Å². The molecule has 0 aromatic rings. The second-order valence-electron chi connectivity index (χ2n) is 2.78. The molecule has 1 aliphatic heterocycles. The fourth-order valence-electron chi connectivity index (χ4n) is 1.33. The third-order valence-electron chi connectivity index (χ3n) is 1.91. The van der Waals surface area contributed by atoms with Gasteiger partial charge in [-0.2, -0.15) is 0 Å². The number of hydrogen-bond acceptors (Lipinski definition) is 2. The van der Waals surface area contributed by atoms with Crippen LogP contribution in [0, 0.1) is 0 Å². The van der Waals surface area contributed by atoms with E-state index in [9.17, 15) is 0 Å². The van der Waals surface area contributed by atoms with Gasteiger partial charge in [0.15, 0.2) is 0 Å². The van der Waals surface area contributed by atoms with E-state index in [2.05, 4.69) is 5.32 Å². The second kappa shape index (κ2) is 4.16. The summed E-state index contributed by atoms with van der Waals surface area (Å²) in [6.07, 6.45) is 2.90. The molecule has 1 aliphatic rings. The van der Waals surface area contributed by atoms with Gasteiger partial charge in [-0.15, -0.1) is 11.6 Å². The number of aliphatic hydroxyl groups excluding tert-OH is 1. The highest BCUT2D eigenvalue weighted by atomic mass is 35.5. The van der Waals surface area contributed by atoms with E-state index in [-0.39, 0.29) is 6.61 Å². The molecule has 0 aliphatic carbocycles. The van der Waals surface area contributed by atoms with Crippen molar-refractivity contribution in [3.63, 3.8) is 0 Å². The van der Waals surface area contributed by atoms with Crippen molar-refractivity contribution in [1.82, 2.24) is 5.32 Å². The van der Waals surface area contributed by atoms with Gasteiger partial charge in [-0.3, -0.25) is 0 Å². The van der Waals surface area contributed by atoms with E-state index in [0.717, 1.165) is 25.8 Å². The molecule has 10 heavy (non-hydrogen) atoms. The zero-order valence-corrected chi connectivity index (χ0v) is 6.77. The molecule has 60 valence electrons. The Balaban J connectivity index is 2.18. The molecule has 0 aromatic heterocycles. The SMILES string of the molecule is OCCC1CC(Cl)CCN1. The van der Waals surface area contributed by atoms with Crippen LogP contribution in [0.15, 0.2) is 0 Å². The van der Waals surface area contributed by atoms with Crippen LogP contribution in [-0.2, 0) is 0 Å². The molecule has 0 amide bonds. The van der Waals surface area contributed by atoms with E-state index < -0.39 is 0 Å². The maximum absolute atomic E-state index is 8.62. The van der Waals surface area contributed by atoms with E-state index >= 15 is 0 Å². The van der Waals surface area contributed by atoms with Gasteiger partial charge in [-0.25, -0.2) is 0 Å². The lowest BCUT2D eigenvalue weighted by Crippen LogP contribution is -2.39. The van der Waals surface area contributed by atoms with Crippen molar-refractivity contribution in [2.45, 2.75) is 30.7 Å². The first-order chi connectivity index (χ1) is 4.83. The minimum Gasteiger partial charge on any atom is -0.396 e. The first kappa shape index (κ1) is 8.31. The number of halogens is 1. The average Bonchev–Trinajstić information content (AvgIpc) is 1.88. The third kappa shape index (κ3) is 2.45. The van der Waals surface area contributed by atoms with Crippen LogP contribution in [0.1, 0.15) is 19.3 Å². The molecule has 0 aromatic carbocycles. The maximum Gasteiger partial charge on any atom is 0.0445 e. The molecular formula is C7H14ClNO. The fraction of sp³-hybridized carbons (Fsp3) is 1.00. The summed E-state index contributed by atoms with van der Waals surface area (Å²) >= 11 is 5.93. The highest BCUT2D eigenvalue weighted by Crippen LogP contribution is 2.15. The van der Waals surface area contributed by atoms with E-state index in [4.69, 9.17) is 16.7 Å². The lowest BCUT2D eigenvalue weighted by molar-refractivity contribution is 0.251. The molecule has 2 atom stereocenters. The normalized spacial score (nSPS) is 34.2. The molecule has 0 radical (unpaired) electrons. The largest absolute Gasteiger partial charge is 0.396 e. The Kier molecular flexibility index (Phi) is 3.46. The van der Waals surface area contributed by atoms with Crippen LogP contribution in [0.25, 0.3) is 0 Å². The summed E-state index contributed by atoms with van der Waals surface area (Å²) in [6, 6.07) is 0.446. The Hall–Kier alpha value is 0.210. The Morgan fingerprint density at radius 3 is 3.00 bits per heavy atom. The molecule has 0 bridgehead atoms. The van der Waals surface area contributed by atoms with Crippen LogP contribution in [0.5, 0.6) is 0 Å². The number of aliphatic hydroxyl groups is 1. The topological polar surface area (TPSA) is 32.3 Å². The number of rotatable bonds is 2. The fourth-order valence-corrected chi connectivity index (χ4v) is 1.65. The van der Waals surface area contributed by atoms with Crippen molar-refractivity contribution >= 4 is 11.6 Å². The van der Waals surface area contributed by atoms with Gasteiger partial charge in [0.05, 0.1) is 0 Å². The Labute approximate surface area is 66.6 Å². The minimum atomic E-state index is 0.265. The Bertz CT molecular complexity index is 97.6. The van der Waals surface area contributed by atoms with Gasteiger partial charge in [-0.1, -0.05) is 0 Å². The van der Waals surface area contributed by atoms with Gasteiger partial charge >= 0.3 is 0 Å². The molecule has 2 unspecified atom stereocenters. The quantitative estimate of drug-likeness (QED) is 0.589. The summed E-state index contributed by atoms with van der Waals surface area (Å²) in [5.41, 5.74) is 0. The van der Waals surface area contributed by atoms with E-state index in [0.29, 0.717) is 11.4 Å². The monoisotopic (exact) mass is 163 g/mol. The number of alkyl halides is 1. The summed E-state index contributed by atoms with van der Waals surface area (Å²) in [6.45, 7) is 1.26. The van der Waals surface area contributed by atoms with Crippen molar-refractivity contribution in [3.05, 3.63) is 0 Å². The first-order valence-corrected chi connectivity index (χ1v) is 4.25. The van der Waals surface area contributed by atoms with Gasteiger partial charge in [0.2, 0.25) is 0 Å². The van der Waals surface area contributed by atoms with Crippen molar-refractivity contribution in [2.75, 3.05) is 13.2 Å². The molecule has 2 N–H and O–H groups in total. The summed E-state index contributed by atoms with van der Waals surface area (Å²) in [5.74, 6) is 0. The molecule has 0 saturated carbocycles. The molecule has 1 rings (SSSR count). The van der Waals surface area contributed by atoms with Gasteiger partial charge < -0.3 is 10.4 Å². The lowest BCUT2D eigenvalue weighted by Gasteiger charge is -2.26. The molecule has 1 heterocycles. The van der Waals surface area contributed by atoms with E-state index in [1.54, 1.807) is 0 Å². The van der Waals surface area contributed by atoms with Crippen molar-refractivity contribution in [2.24, 2.45) is 0 Å².